The predicted molar refractivity (Wildman–Crippen MR) is 289 cm³/mol. The van der Waals surface area contributed by atoms with E-state index in [4.69, 9.17) is 10.7 Å². The number of amides is 5. The van der Waals surface area contributed by atoms with E-state index in [9.17, 15) is 33.6 Å². The third kappa shape index (κ3) is 13.5. The van der Waals surface area contributed by atoms with Gasteiger partial charge in [0.1, 0.15) is 24.0 Å². The van der Waals surface area contributed by atoms with Gasteiger partial charge in [-0.25, -0.2) is 14.4 Å². The summed E-state index contributed by atoms with van der Waals surface area (Å²) in [6, 6.07) is 13.5. The zero-order valence-corrected chi connectivity index (χ0v) is 45.3. The monoisotopic (exact) mass is 1040 g/mol. The van der Waals surface area contributed by atoms with E-state index in [0.717, 1.165) is 50.5 Å². The van der Waals surface area contributed by atoms with Crippen LogP contribution in [0.1, 0.15) is 150 Å². The highest BCUT2D eigenvalue weighted by Crippen LogP contribution is 2.41. The molecule has 0 spiro atoms. The molecule has 2 aromatic carbocycles. The van der Waals surface area contributed by atoms with Gasteiger partial charge in [0.25, 0.3) is 5.91 Å². The summed E-state index contributed by atoms with van der Waals surface area (Å²) in [6.45, 7) is 11.6. The van der Waals surface area contributed by atoms with Crippen LogP contribution < -0.4 is 37.2 Å². The van der Waals surface area contributed by atoms with E-state index in [0.29, 0.717) is 79.2 Å². The first kappa shape index (κ1) is 56.7. The fourth-order valence-electron chi connectivity index (χ4n) is 10.6. The van der Waals surface area contributed by atoms with Gasteiger partial charge in [0, 0.05) is 44.7 Å². The second kappa shape index (κ2) is 25.7. The van der Waals surface area contributed by atoms with E-state index in [1.54, 1.807) is 30.6 Å². The van der Waals surface area contributed by atoms with Crippen molar-refractivity contribution in [2.45, 2.75) is 155 Å². The summed E-state index contributed by atoms with van der Waals surface area (Å²) in [6.07, 6.45) is 9.84. The van der Waals surface area contributed by atoms with Crippen LogP contribution in [0.15, 0.2) is 54.7 Å². The topological polar surface area (TPSA) is 249 Å². The average molecular weight is 1050 g/mol. The number of unbranched alkanes of at least 4 members (excludes halogenated alkanes) is 5. The summed E-state index contributed by atoms with van der Waals surface area (Å²) in [5.74, 6) is -1.07. The normalized spacial score (nSPS) is 18.5. The van der Waals surface area contributed by atoms with E-state index >= 15 is 0 Å². The number of nitrogens with two attached hydrogens (primary N) is 1. The van der Waals surface area contributed by atoms with Crippen LogP contribution in [0.4, 0.5) is 16.0 Å². The maximum Gasteiger partial charge on any atom is 0.254 e. The Morgan fingerprint density at radius 2 is 1.74 bits per heavy atom. The second-order valence-corrected chi connectivity index (χ2v) is 21.5. The highest BCUT2D eigenvalue weighted by Gasteiger charge is 2.45. The van der Waals surface area contributed by atoms with Crippen LogP contribution in [0.3, 0.4) is 0 Å². The van der Waals surface area contributed by atoms with Gasteiger partial charge < -0.3 is 47.0 Å². The van der Waals surface area contributed by atoms with Gasteiger partial charge in [-0.3, -0.25) is 28.7 Å². The Balaban J connectivity index is 0.889. The maximum absolute atomic E-state index is 14.8. The van der Waals surface area contributed by atoms with E-state index < -0.39 is 29.4 Å². The summed E-state index contributed by atoms with van der Waals surface area (Å²) >= 11 is 0. The van der Waals surface area contributed by atoms with Gasteiger partial charge in [0.05, 0.1) is 54.4 Å². The van der Waals surface area contributed by atoms with Crippen LogP contribution in [0.5, 0.6) is 0 Å². The molecule has 2 saturated heterocycles. The van der Waals surface area contributed by atoms with Crippen molar-refractivity contribution in [2.24, 2.45) is 5.41 Å². The number of carbonyl (C=O) groups is 5. The lowest BCUT2D eigenvalue weighted by molar-refractivity contribution is -0.144. The third-order valence-electron chi connectivity index (χ3n) is 15.0. The van der Waals surface area contributed by atoms with Gasteiger partial charge in [0.2, 0.25) is 23.6 Å². The lowest BCUT2D eigenvalue weighted by Gasteiger charge is -2.36. The lowest BCUT2D eigenvalue weighted by atomic mass is 9.85. The van der Waals surface area contributed by atoms with Crippen LogP contribution in [0, 0.1) is 22.6 Å². The molecule has 4 aromatic rings. The molecule has 408 valence electrons. The van der Waals surface area contributed by atoms with Gasteiger partial charge in [-0.1, -0.05) is 83.7 Å². The van der Waals surface area contributed by atoms with E-state index in [-0.39, 0.29) is 78.8 Å². The smallest absolute Gasteiger partial charge is 0.254 e. The van der Waals surface area contributed by atoms with Crippen molar-refractivity contribution in [1.29, 1.82) is 5.26 Å². The highest BCUT2D eigenvalue weighted by molar-refractivity contribution is 5.96. The Morgan fingerprint density at radius 1 is 1.00 bits per heavy atom. The number of rotatable bonds is 21. The first-order valence-corrected chi connectivity index (χ1v) is 27.0. The number of hydrogen-bond acceptors (Lipinski definition) is 13. The molecule has 0 radical (unpaired) electrons. The molecular formula is C56H77FN14O5. The number of nitriles is 1. The molecule has 5 amide bonds. The minimum atomic E-state index is -0.838. The van der Waals surface area contributed by atoms with Gasteiger partial charge in [-0.05, 0) is 93.8 Å². The largest absolute Gasteiger partial charge is 0.381 e. The lowest BCUT2D eigenvalue weighted by Crippen LogP contribution is -2.59. The first-order chi connectivity index (χ1) is 36.4. The predicted octanol–water partition coefficient (Wildman–Crippen LogP) is 5.67. The van der Waals surface area contributed by atoms with Crippen LogP contribution in [-0.2, 0) is 32.3 Å². The van der Waals surface area contributed by atoms with Gasteiger partial charge in [0.15, 0.2) is 17.3 Å². The Bertz CT molecular complexity index is 2740. The van der Waals surface area contributed by atoms with Crippen molar-refractivity contribution in [3.05, 3.63) is 88.6 Å². The molecule has 19 nitrogen and oxygen atoms in total. The zero-order chi connectivity index (χ0) is 54.7. The fraction of sp³-hybridized carbons (Fsp3) is 0.554. The van der Waals surface area contributed by atoms with Crippen molar-refractivity contribution in [3.8, 4) is 17.3 Å². The maximum atomic E-state index is 14.8. The number of fused-ring (bicyclic) bond motifs is 8. The van der Waals surface area contributed by atoms with Crippen molar-refractivity contribution >= 4 is 41.2 Å². The minimum Gasteiger partial charge on any atom is -0.381 e. The molecule has 2 aromatic heterocycles. The Hall–Kier alpha value is -6.98. The van der Waals surface area contributed by atoms with Crippen LogP contribution in [0.25, 0.3) is 11.3 Å². The van der Waals surface area contributed by atoms with Crippen LogP contribution in [-0.4, -0.2) is 124 Å². The number of anilines is 2. The van der Waals surface area contributed by atoms with Crippen molar-refractivity contribution in [3.63, 3.8) is 0 Å². The molecule has 3 aliphatic rings. The van der Waals surface area contributed by atoms with Gasteiger partial charge >= 0.3 is 0 Å². The number of benzene rings is 2. The summed E-state index contributed by atoms with van der Waals surface area (Å²) in [5.41, 5.74) is 9.14. The van der Waals surface area contributed by atoms with Gasteiger partial charge in [-0.2, -0.15) is 10.4 Å². The number of nitrogen functional groups attached to an aromatic ring is 1. The van der Waals surface area contributed by atoms with E-state index in [2.05, 4.69) is 42.7 Å². The molecule has 7 rings (SSSR count). The number of aromatic nitrogens is 4. The number of likely N-dealkylation sites (N-methyl/N-ethyl adjacent to an activating group) is 1. The standard InChI is InChI=1S/C56H77FN14O5/c1-8-41(36-19-14-13-15-20-36)65-53(74)45-30-38(33-70(45)55(76)49(56(3,4)5)66-52(73)35(2)60-6)61-25-17-12-10-9-11-16-22-47(72)62-26-28-71-46-34-68(7)54(75)39-24-23-37(57)29-40(39)44-21-18-27-69(44)51-50(59)63-32-43(64-51)48(46)42(31-58)67-71/h13-15,19-20,23-24,29,32,35,38,41,44-45,49,60-61H,8-12,16-18,21-22,25-28,30,33-34H2,1-7H3,(H2,59,63)(H,62,72)(H,65,74)(H,66,73)/t35-,38-,41+,44-,45-,49?/m1/s1. The molecule has 76 heavy (non-hydrogen) atoms. The van der Waals surface area contributed by atoms with E-state index in [1.165, 1.54) is 29.3 Å². The third-order valence-corrected chi connectivity index (χ3v) is 15.0. The molecule has 2 fully saturated rings. The number of halogens is 1. The second-order valence-electron chi connectivity index (χ2n) is 21.5. The summed E-state index contributed by atoms with van der Waals surface area (Å²) in [5, 5.41) is 30.7. The molecular weight excluding hydrogens is 968 g/mol. The number of carbonyl (C=O) groups excluding carboxylic acids is 5. The van der Waals surface area contributed by atoms with Gasteiger partial charge in [-0.15, -0.1) is 0 Å². The Kier molecular flexibility index (Phi) is 19.2. The van der Waals surface area contributed by atoms with Crippen LogP contribution >= 0.6 is 0 Å². The number of nitrogens with one attached hydrogen (secondary N) is 5. The zero-order valence-electron chi connectivity index (χ0n) is 45.3. The molecule has 6 atom stereocenters. The molecule has 0 saturated carbocycles. The molecule has 5 heterocycles. The van der Waals surface area contributed by atoms with Crippen molar-refractivity contribution in [2.75, 3.05) is 50.9 Å². The Labute approximate surface area is 446 Å². The average Bonchev–Trinajstić information content (AvgIpc) is 4.16. The summed E-state index contributed by atoms with van der Waals surface area (Å²) in [7, 11) is 3.35. The molecule has 7 N–H and O–H groups in total. The number of hydrogen-bond donors (Lipinski definition) is 6. The van der Waals surface area contributed by atoms with E-state index in [1.807, 2.05) is 62.9 Å². The van der Waals surface area contributed by atoms with Crippen molar-refractivity contribution in [1.82, 2.24) is 56.1 Å². The molecule has 0 aliphatic carbocycles. The fourth-order valence-corrected chi connectivity index (χ4v) is 10.6. The highest BCUT2D eigenvalue weighted by atomic mass is 19.1. The molecule has 1 unspecified atom stereocenters. The first-order valence-electron chi connectivity index (χ1n) is 27.0. The molecule has 3 aliphatic heterocycles. The minimum absolute atomic E-state index is 0.0466. The number of likely N-dealkylation sites (tertiary alicyclic amines) is 1. The molecule has 2 bridgehead atoms. The summed E-state index contributed by atoms with van der Waals surface area (Å²) < 4.78 is 16.4. The quantitative estimate of drug-likeness (QED) is 0.0552. The Morgan fingerprint density at radius 3 is 2.45 bits per heavy atom. The van der Waals surface area contributed by atoms with Crippen molar-refractivity contribution < 1.29 is 28.4 Å². The van der Waals surface area contributed by atoms with Crippen LogP contribution in [0.2, 0.25) is 0 Å². The molecule has 20 heteroatoms. The summed E-state index contributed by atoms with van der Waals surface area (Å²) in [4.78, 5) is 83.3. The number of nitrogens with zero attached hydrogens (tertiary/aromatic N) is 8. The SMILES string of the molecule is CC[C@H](NC(=O)[C@H]1C[C@@H](NCCCCCCCCC(=O)NCCn2nc(C#N)c3c2CN(C)C(=O)c2ccc(F)cc2[C@H]2CCCN2c2nc-3cnc2N)CN1C(=O)C(NC(=O)[C@@H](C)NC)C(C)(C)C)c1ccccc1.